The summed E-state index contributed by atoms with van der Waals surface area (Å²) < 4.78 is 47.1. The van der Waals surface area contributed by atoms with Gasteiger partial charge in [-0.3, -0.25) is 0 Å². The lowest BCUT2D eigenvalue weighted by molar-refractivity contribution is 0.139. The third-order valence-corrected chi connectivity index (χ3v) is 4.12. The molecule has 0 bridgehead atoms. The average Bonchev–Trinajstić information content (AvgIpc) is 2.85. The molecule has 1 aliphatic heterocycles. The summed E-state index contributed by atoms with van der Waals surface area (Å²) in [5.74, 6) is 0.466. The van der Waals surface area contributed by atoms with Crippen molar-refractivity contribution in [2.24, 2.45) is 0 Å². The Morgan fingerprint density at radius 3 is 2.92 bits per heavy atom. The van der Waals surface area contributed by atoms with Crippen LogP contribution in [0.15, 0.2) is 18.2 Å². The first kappa shape index (κ1) is 16.7. The third-order valence-electron chi connectivity index (χ3n) is 4.12. The summed E-state index contributed by atoms with van der Waals surface area (Å²) >= 11 is 0. The Morgan fingerprint density at radius 1 is 1.19 bits per heavy atom. The van der Waals surface area contributed by atoms with Crippen molar-refractivity contribution in [1.29, 1.82) is 0 Å². The van der Waals surface area contributed by atoms with E-state index in [1.807, 2.05) is 4.57 Å². The van der Waals surface area contributed by atoms with Crippen molar-refractivity contribution in [3.05, 3.63) is 41.5 Å². The Labute approximate surface area is 146 Å². The van der Waals surface area contributed by atoms with Gasteiger partial charge in [0.15, 0.2) is 11.6 Å². The van der Waals surface area contributed by atoms with E-state index in [0.29, 0.717) is 37.4 Å². The number of alkyl halides is 2. The minimum atomic E-state index is -2.83. The molecule has 0 aliphatic carbocycles. The van der Waals surface area contributed by atoms with E-state index in [0.717, 1.165) is 5.82 Å². The van der Waals surface area contributed by atoms with Gasteiger partial charge in [-0.25, -0.2) is 23.1 Å². The number of halogens is 3. The van der Waals surface area contributed by atoms with E-state index in [2.05, 4.69) is 25.5 Å². The summed E-state index contributed by atoms with van der Waals surface area (Å²) in [5, 5.41) is 11.6. The number of nitrogens with one attached hydrogen (secondary N) is 1. The second kappa shape index (κ2) is 6.87. The molecule has 0 unspecified atom stereocenters. The molecule has 0 spiro atoms. The van der Waals surface area contributed by atoms with E-state index in [1.54, 1.807) is 0 Å². The van der Waals surface area contributed by atoms with E-state index in [4.69, 9.17) is 4.74 Å². The van der Waals surface area contributed by atoms with Gasteiger partial charge in [-0.2, -0.15) is 0 Å². The van der Waals surface area contributed by atoms with Gasteiger partial charge in [-0.15, -0.1) is 10.2 Å². The second-order valence-electron chi connectivity index (χ2n) is 5.79. The van der Waals surface area contributed by atoms with Crippen LogP contribution in [0.1, 0.15) is 23.9 Å². The number of fused-ring (bicyclic) bond motifs is 2. The van der Waals surface area contributed by atoms with E-state index in [1.165, 1.54) is 18.2 Å². The van der Waals surface area contributed by atoms with Crippen LogP contribution in [-0.4, -0.2) is 37.9 Å². The van der Waals surface area contributed by atoms with Crippen LogP contribution in [-0.2, 0) is 24.2 Å². The number of nitrogens with zero attached hydrogens (tertiary/aromatic N) is 5. The normalized spacial score (nSPS) is 14.5. The van der Waals surface area contributed by atoms with Gasteiger partial charge in [0, 0.05) is 18.4 Å². The minimum Gasteiger partial charge on any atom is -0.379 e. The van der Waals surface area contributed by atoms with Crippen LogP contribution in [0, 0.1) is 5.82 Å². The van der Waals surface area contributed by atoms with E-state index in [-0.39, 0.29) is 17.9 Å². The maximum absolute atomic E-state index is 13.6. The van der Waals surface area contributed by atoms with Crippen molar-refractivity contribution in [3.8, 4) is 0 Å². The summed E-state index contributed by atoms with van der Waals surface area (Å²) in [5.41, 5.74) is 0.243. The zero-order valence-corrected chi connectivity index (χ0v) is 13.6. The lowest BCUT2D eigenvalue weighted by Crippen LogP contribution is -2.13. The molecule has 4 rings (SSSR count). The smallest absolute Gasteiger partial charge is 0.297 e. The molecule has 1 aliphatic rings. The van der Waals surface area contributed by atoms with Crippen LogP contribution in [0.3, 0.4) is 0 Å². The Balaban J connectivity index is 1.66. The zero-order valence-electron chi connectivity index (χ0n) is 13.6. The van der Waals surface area contributed by atoms with E-state index in [9.17, 15) is 13.2 Å². The molecule has 0 saturated carbocycles. The molecule has 1 aromatic carbocycles. The van der Waals surface area contributed by atoms with Gasteiger partial charge in [0.05, 0.1) is 25.3 Å². The van der Waals surface area contributed by atoms with Crippen LogP contribution in [0.4, 0.5) is 19.0 Å². The van der Waals surface area contributed by atoms with Gasteiger partial charge < -0.3 is 14.6 Å². The van der Waals surface area contributed by atoms with Crippen molar-refractivity contribution >= 4 is 16.7 Å². The van der Waals surface area contributed by atoms with Gasteiger partial charge in [-0.1, -0.05) is 0 Å². The third kappa shape index (κ3) is 3.19. The van der Waals surface area contributed by atoms with Crippen molar-refractivity contribution in [2.75, 3.05) is 18.5 Å². The van der Waals surface area contributed by atoms with Crippen molar-refractivity contribution in [2.45, 2.75) is 25.9 Å². The topological polar surface area (TPSA) is 77.8 Å². The lowest BCUT2D eigenvalue weighted by atomic mass is 10.2. The molecular formula is C16H15F3N6O. The predicted octanol–water partition coefficient (Wildman–Crippen LogP) is 2.48. The number of ether oxygens (including phenoxy) is 1. The first-order chi connectivity index (χ1) is 12.6. The fourth-order valence-corrected chi connectivity index (χ4v) is 2.88. The molecule has 136 valence electrons. The fourth-order valence-electron chi connectivity index (χ4n) is 2.88. The standard InChI is InChI=1S/C16H15F3N6O/c17-9-1-2-11-10(7-9)15(22-16(21-11)14(18)19)20-8-13-24-23-12-3-5-26-6-4-25(12)13/h1-2,7,14H,3-6,8H2,(H,20,21,22). The highest BCUT2D eigenvalue weighted by Gasteiger charge is 2.18. The summed E-state index contributed by atoms with van der Waals surface area (Å²) in [6.07, 6.45) is -2.17. The van der Waals surface area contributed by atoms with E-state index >= 15 is 0 Å². The van der Waals surface area contributed by atoms with Crippen LogP contribution in [0.2, 0.25) is 0 Å². The maximum atomic E-state index is 13.6. The summed E-state index contributed by atoms with van der Waals surface area (Å²) in [4.78, 5) is 7.64. The van der Waals surface area contributed by atoms with Gasteiger partial charge in [0.25, 0.3) is 6.43 Å². The van der Waals surface area contributed by atoms with Gasteiger partial charge >= 0.3 is 0 Å². The molecule has 0 radical (unpaired) electrons. The first-order valence-electron chi connectivity index (χ1n) is 8.10. The number of benzene rings is 1. The molecule has 0 saturated heterocycles. The molecule has 0 amide bonds. The SMILES string of the molecule is Fc1ccc2nc(C(F)F)nc(NCc3nnc4n3CCOCC4)c2c1. The van der Waals surface area contributed by atoms with Crippen LogP contribution >= 0.6 is 0 Å². The van der Waals surface area contributed by atoms with Crippen molar-refractivity contribution in [3.63, 3.8) is 0 Å². The minimum absolute atomic E-state index is 0.132. The Bertz CT molecular complexity index is 945. The van der Waals surface area contributed by atoms with E-state index < -0.39 is 18.1 Å². The Kier molecular flexibility index (Phi) is 4.41. The number of rotatable bonds is 4. The summed E-state index contributed by atoms with van der Waals surface area (Å²) in [7, 11) is 0. The largest absolute Gasteiger partial charge is 0.379 e. The summed E-state index contributed by atoms with van der Waals surface area (Å²) in [6, 6.07) is 3.74. The second-order valence-corrected chi connectivity index (χ2v) is 5.79. The Hall–Kier alpha value is -2.75. The molecule has 26 heavy (non-hydrogen) atoms. The highest BCUT2D eigenvalue weighted by atomic mass is 19.3. The fraction of sp³-hybridized carbons (Fsp3) is 0.375. The number of hydrogen-bond donors (Lipinski definition) is 1. The van der Waals surface area contributed by atoms with Crippen molar-refractivity contribution in [1.82, 2.24) is 24.7 Å². The van der Waals surface area contributed by atoms with Crippen molar-refractivity contribution < 1.29 is 17.9 Å². The average molecular weight is 364 g/mol. The molecule has 0 atom stereocenters. The quantitative estimate of drug-likeness (QED) is 0.766. The molecule has 10 heteroatoms. The molecule has 3 aromatic rings. The molecule has 3 heterocycles. The lowest BCUT2D eigenvalue weighted by Gasteiger charge is -2.11. The monoisotopic (exact) mass is 364 g/mol. The maximum Gasteiger partial charge on any atom is 0.297 e. The zero-order chi connectivity index (χ0) is 18.1. The van der Waals surface area contributed by atoms with Gasteiger partial charge in [0.2, 0.25) is 0 Å². The predicted molar refractivity (Wildman–Crippen MR) is 86.3 cm³/mol. The van der Waals surface area contributed by atoms with Gasteiger partial charge in [0.1, 0.15) is 17.5 Å². The number of aromatic nitrogens is 5. The Morgan fingerprint density at radius 2 is 2.08 bits per heavy atom. The molecule has 2 aromatic heterocycles. The summed E-state index contributed by atoms with van der Waals surface area (Å²) in [6.45, 7) is 1.95. The number of hydrogen-bond acceptors (Lipinski definition) is 6. The highest BCUT2D eigenvalue weighted by molar-refractivity contribution is 5.89. The number of anilines is 1. The van der Waals surface area contributed by atoms with Gasteiger partial charge in [-0.05, 0) is 18.2 Å². The molecular weight excluding hydrogens is 349 g/mol. The molecule has 0 fully saturated rings. The molecule has 1 N–H and O–H groups in total. The highest BCUT2D eigenvalue weighted by Crippen LogP contribution is 2.25. The molecule has 7 nitrogen and oxygen atoms in total. The van der Waals surface area contributed by atoms with Crippen LogP contribution < -0.4 is 5.32 Å². The van der Waals surface area contributed by atoms with Crippen LogP contribution in [0.5, 0.6) is 0 Å². The first-order valence-corrected chi connectivity index (χ1v) is 8.10. The van der Waals surface area contributed by atoms with Crippen LogP contribution in [0.25, 0.3) is 10.9 Å².